The fourth-order valence-corrected chi connectivity index (χ4v) is 3.37. The van der Waals surface area contributed by atoms with Crippen LogP contribution in [0.3, 0.4) is 0 Å². The van der Waals surface area contributed by atoms with Crippen LogP contribution in [-0.2, 0) is 14.4 Å². The monoisotopic (exact) mass is 550 g/mol. The number of ether oxygens (including phenoxy) is 3. The van der Waals surface area contributed by atoms with Crippen molar-refractivity contribution in [3.63, 3.8) is 0 Å². The highest BCUT2D eigenvalue weighted by molar-refractivity contribution is 5.93. The Morgan fingerprint density at radius 1 is 0.800 bits per heavy atom. The van der Waals surface area contributed by atoms with Gasteiger partial charge in [-0.3, -0.25) is 14.4 Å². The van der Waals surface area contributed by atoms with E-state index in [-0.39, 0.29) is 31.0 Å². The summed E-state index contributed by atoms with van der Waals surface area (Å²) in [6.07, 6.45) is 1.35. The number of nitrogens with one attached hydrogen (secondary N) is 3. The van der Waals surface area contributed by atoms with Gasteiger partial charge >= 0.3 is 0 Å². The van der Waals surface area contributed by atoms with Crippen LogP contribution in [0.25, 0.3) is 0 Å². The van der Waals surface area contributed by atoms with Crippen molar-refractivity contribution < 1.29 is 33.0 Å². The lowest BCUT2D eigenvalue weighted by Gasteiger charge is -2.13. The number of amides is 3. The summed E-state index contributed by atoms with van der Waals surface area (Å²) in [6, 6.07) is 17.7. The second-order valence-corrected chi connectivity index (χ2v) is 8.25. The maximum atomic E-state index is 13.7. The van der Waals surface area contributed by atoms with Crippen molar-refractivity contribution in [3.8, 4) is 17.2 Å². The predicted octanol–water partition coefficient (Wildman–Crippen LogP) is 4.51. The van der Waals surface area contributed by atoms with Gasteiger partial charge in [0.2, 0.25) is 11.8 Å². The van der Waals surface area contributed by atoms with E-state index in [1.165, 1.54) is 24.4 Å². The van der Waals surface area contributed by atoms with Crippen LogP contribution in [0.5, 0.6) is 17.2 Å². The molecule has 3 aromatic carbocycles. The Kier molecular flexibility index (Phi) is 11.5. The highest BCUT2D eigenvalue weighted by atomic mass is 19.1. The molecule has 0 fully saturated rings. The molecule has 0 heterocycles. The van der Waals surface area contributed by atoms with Crippen LogP contribution >= 0.6 is 0 Å². The van der Waals surface area contributed by atoms with E-state index in [4.69, 9.17) is 14.2 Å². The molecule has 0 unspecified atom stereocenters. The Bertz CT molecular complexity index is 1330. The maximum absolute atomic E-state index is 13.7. The van der Waals surface area contributed by atoms with Crippen molar-refractivity contribution in [2.24, 2.45) is 5.10 Å². The second-order valence-electron chi connectivity index (χ2n) is 8.25. The standard InChI is InChI=1S/C29H31FN4O6/c1-3-38-22-12-10-21(11-13-22)32-27(35)15-16-28(36)34-31-18-20-9-14-25(26(17-20)39-4-2)40-19-29(37)33-24-8-6-5-7-23(24)30/h5-14,17-18H,3-4,15-16,19H2,1-2H3,(H,32,35)(H,33,37)(H,34,36). The van der Waals surface area contributed by atoms with Crippen LogP contribution in [0.2, 0.25) is 0 Å². The predicted molar refractivity (Wildman–Crippen MR) is 149 cm³/mol. The van der Waals surface area contributed by atoms with Gasteiger partial charge in [-0.05, 0) is 74.0 Å². The first kappa shape index (κ1) is 29.6. The van der Waals surface area contributed by atoms with E-state index in [9.17, 15) is 18.8 Å². The van der Waals surface area contributed by atoms with Crippen LogP contribution in [0.4, 0.5) is 15.8 Å². The van der Waals surface area contributed by atoms with Gasteiger partial charge in [-0.2, -0.15) is 5.10 Å². The number of halogens is 1. The van der Waals surface area contributed by atoms with Crippen LogP contribution in [0.1, 0.15) is 32.3 Å². The summed E-state index contributed by atoms with van der Waals surface area (Å²) in [5, 5.41) is 9.09. The van der Waals surface area contributed by atoms with Gasteiger partial charge in [0.1, 0.15) is 11.6 Å². The molecule has 0 radical (unpaired) electrons. The number of carbonyl (C=O) groups is 3. The molecule has 11 heteroatoms. The van der Waals surface area contributed by atoms with Gasteiger partial charge < -0.3 is 24.8 Å². The van der Waals surface area contributed by atoms with Crippen molar-refractivity contribution in [1.82, 2.24) is 5.43 Å². The molecule has 210 valence electrons. The number of rotatable bonds is 14. The first-order valence-corrected chi connectivity index (χ1v) is 12.7. The summed E-state index contributed by atoms with van der Waals surface area (Å²) in [5.74, 6) is -0.431. The minimum Gasteiger partial charge on any atom is -0.494 e. The average Bonchev–Trinajstić information content (AvgIpc) is 2.94. The number of nitrogens with zero attached hydrogens (tertiary/aromatic N) is 1. The Morgan fingerprint density at radius 2 is 1.52 bits per heavy atom. The molecular weight excluding hydrogens is 519 g/mol. The SMILES string of the molecule is CCOc1ccc(NC(=O)CCC(=O)NN=Cc2ccc(OCC(=O)Nc3ccccc3F)c(OCC)c2)cc1. The van der Waals surface area contributed by atoms with Crippen molar-refractivity contribution in [1.29, 1.82) is 0 Å². The maximum Gasteiger partial charge on any atom is 0.262 e. The van der Waals surface area contributed by atoms with E-state index in [1.807, 2.05) is 6.92 Å². The molecular formula is C29H31FN4O6. The molecule has 10 nitrogen and oxygen atoms in total. The van der Waals surface area contributed by atoms with Crippen LogP contribution < -0.4 is 30.3 Å². The molecule has 3 aromatic rings. The molecule has 0 aromatic heterocycles. The molecule has 0 aliphatic heterocycles. The molecule has 0 atom stereocenters. The Balaban J connectivity index is 1.46. The quantitative estimate of drug-likeness (QED) is 0.200. The zero-order valence-corrected chi connectivity index (χ0v) is 22.2. The molecule has 0 saturated carbocycles. The molecule has 0 aliphatic carbocycles. The van der Waals surface area contributed by atoms with Gasteiger partial charge in [0.15, 0.2) is 18.1 Å². The van der Waals surface area contributed by atoms with Gasteiger partial charge in [0.25, 0.3) is 5.91 Å². The van der Waals surface area contributed by atoms with E-state index in [0.29, 0.717) is 41.7 Å². The molecule has 0 aliphatic rings. The summed E-state index contributed by atoms with van der Waals surface area (Å²) >= 11 is 0. The average molecular weight is 551 g/mol. The molecule has 0 saturated heterocycles. The van der Waals surface area contributed by atoms with Crippen LogP contribution in [0, 0.1) is 5.82 Å². The number of hydrazone groups is 1. The van der Waals surface area contributed by atoms with Crippen molar-refractivity contribution in [2.45, 2.75) is 26.7 Å². The van der Waals surface area contributed by atoms with Gasteiger partial charge in [-0.15, -0.1) is 0 Å². The molecule has 40 heavy (non-hydrogen) atoms. The third-order valence-corrected chi connectivity index (χ3v) is 5.21. The summed E-state index contributed by atoms with van der Waals surface area (Å²) < 4.78 is 30.2. The van der Waals surface area contributed by atoms with E-state index in [1.54, 1.807) is 55.5 Å². The highest BCUT2D eigenvalue weighted by Gasteiger charge is 2.11. The number of hydrogen-bond acceptors (Lipinski definition) is 7. The third-order valence-electron chi connectivity index (χ3n) is 5.21. The number of carbonyl (C=O) groups excluding carboxylic acids is 3. The van der Waals surface area contributed by atoms with E-state index in [0.717, 1.165) is 0 Å². The van der Waals surface area contributed by atoms with Gasteiger partial charge in [0.05, 0.1) is 25.1 Å². The van der Waals surface area contributed by atoms with Gasteiger partial charge in [-0.1, -0.05) is 12.1 Å². The molecule has 0 spiro atoms. The number of anilines is 2. The lowest BCUT2D eigenvalue weighted by Crippen LogP contribution is -2.21. The Morgan fingerprint density at radius 3 is 2.25 bits per heavy atom. The van der Waals surface area contributed by atoms with E-state index >= 15 is 0 Å². The van der Waals surface area contributed by atoms with Crippen LogP contribution in [0.15, 0.2) is 71.8 Å². The zero-order chi connectivity index (χ0) is 28.7. The summed E-state index contributed by atoms with van der Waals surface area (Å²) in [6.45, 7) is 4.22. The van der Waals surface area contributed by atoms with Crippen molar-refractivity contribution in [3.05, 3.63) is 78.1 Å². The molecule has 3 rings (SSSR count). The Hall–Kier alpha value is -4.93. The van der Waals surface area contributed by atoms with E-state index < -0.39 is 17.6 Å². The molecule has 0 bridgehead atoms. The smallest absolute Gasteiger partial charge is 0.262 e. The fraction of sp³-hybridized carbons (Fsp3) is 0.241. The first-order chi connectivity index (χ1) is 19.4. The first-order valence-electron chi connectivity index (χ1n) is 12.7. The number of para-hydroxylation sites is 1. The largest absolute Gasteiger partial charge is 0.494 e. The van der Waals surface area contributed by atoms with Crippen molar-refractivity contribution >= 4 is 35.3 Å². The zero-order valence-electron chi connectivity index (χ0n) is 22.2. The van der Waals surface area contributed by atoms with Gasteiger partial charge in [0, 0.05) is 18.5 Å². The summed E-state index contributed by atoms with van der Waals surface area (Å²) in [7, 11) is 0. The highest BCUT2D eigenvalue weighted by Crippen LogP contribution is 2.28. The Labute approximate surface area is 231 Å². The van der Waals surface area contributed by atoms with Crippen LogP contribution in [-0.4, -0.2) is 43.8 Å². The minimum atomic E-state index is -0.547. The summed E-state index contributed by atoms with van der Waals surface area (Å²) in [5.41, 5.74) is 3.65. The second kappa shape index (κ2) is 15.5. The number of benzene rings is 3. The number of hydrogen-bond donors (Lipinski definition) is 3. The minimum absolute atomic E-state index is 0.0143. The molecule has 3 amide bonds. The lowest BCUT2D eigenvalue weighted by atomic mass is 10.2. The van der Waals surface area contributed by atoms with E-state index in [2.05, 4.69) is 21.2 Å². The van der Waals surface area contributed by atoms with Crippen molar-refractivity contribution in [2.75, 3.05) is 30.5 Å². The third kappa shape index (κ3) is 9.75. The normalized spacial score (nSPS) is 10.6. The topological polar surface area (TPSA) is 127 Å². The van der Waals surface area contributed by atoms with Gasteiger partial charge in [-0.25, -0.2) is 9.82 Å². The summed E-state index contributed by atoms with van der Waals surface area (Å²) in [4.78, 5) is 36.4. The fourth-order valence-electron chi connectivity index (χ4n) is 3.37. The lowest BCUT2D eigenvalue weighted by molar-refractivity contribution is -0.124. The molecule has 3 N–H and O–H groups in total.